The van der Waals surface area contributed by atoms with Gasteiger partial charge in [-0.25, -0.2) is 0 Å². The Labute approximate surface area is 124 Å². The SMILES string of the molecule is CSCC(=O)N[C@](C)(C(N)=O)c1cccc(C(F)(F)F)c1. The van der Waals surface area contributed by atoms with Crippen molar-refractivity contribution in [3.63, 3.8) is 0 Å². The highest BCUT2D eigenvalue weighted by Crippen LogP contribution is 2.32. The highest BCUT2D eigenvalue weighted by molar-refractivity contribution is 7.99. The maximum absolute atomic E-state index is 12.7. The molecule has 2 amide bonds. The topological polar surface area (TPSA) is 72.2 Å². The first-order valence-corrected chi connectivity index (χ1v) is 7.28. The number of thioether (sulfide) groups is 1. The van der Waals surface area contributed by atoms with Crippen LogP contribution in [-0.4, -0.2) is 23.8 Å². The first-order chi connectivity index (χ1) is 9.61. The van der Waals surface area contributed by atoms with E-state index in [1.54, 1.807) is 6.26 Å². The lowest BCUT2D eigenvalue weighted by Crippen LogP contribution is -2.53. The van der Waals surface area contributed by atoms with Gasteiger partial charge in [-0.1, -0.05) is 12.1 Å². The summed E-state index contributed by atoms with van der Waals surface area (Å²) in [5, 5.41) is 2.39. The molecule has 0 unspecified atom stereocenters. The van der Waals surface area contributed by atoms with Crippen molar-refractivity contribution < 1.29 is 22.8 Å². The molecule has 1 aromatic rings. The van der Waals surface area contributed by atoms with Crippen LogP contribution in [0.15, 0.2) is 24.3 Å². The molecule has 0 aliphatic carbocycles. The van der Waals surface area contributed by atoms with Crippen LogP contribution in [0, 0.1) is 0 Å². The molecule has 0 fully saturated rings. The number of primary amides is 1. The van der Waals surface area contributed by atoms with Crippen molar-refractivity contribution in [2.24, 2.45) is 5.73 Å². The summed E-state index contributed by atoms with van der Waals surface area (Å²) in [4.78, 5) is 23.3. The zero-order chi connectivity index (χ0) is 16.3. The Morgan fingerprint density at radius 1 is 1.29 bits per heavy atom. The number of benzene rings is 1. The molecule has 21 heavy (non-hydrogen) atoms. The second-order valence-corrected chi connectivity index (χ2v) is 5.42. The van der Waals surface area contributed by atoms with Crippen LogP contribution in [-0.2, 0) is 21.3 Å². The summed E-state index contributed by atoms with van der Waals surface area (Å²) in [5.41, 5.74) is 2.64. The van der Waals surface area contributed by atoms with E-state index in [0.29, 0.717) is 0 Å². The van der Waals surface area contributed by atoms with E-state index < -0.39 is 29.1 Å². The molecule has 0 saturated heterocycles. The molecule has 1 aromatic carbocycles. The summed E-state index contributed by atoms with van der Waals surface area (Å²) in [6, 6.07) is 4.18. The maximum Gasteiger partial charge on any atom is 0.416 e. The molecule has 4 nitrogen and oxygen atoms in total. The van der Waals surface area contributed by atoms with E-state index in [0.717, 1.165) is 12.1 Å². The zero-order valence-corrected chi connectivity index (χ0v) is 12.3. The van der Waals surface area contributed by atoms with E-state index in [1.165, 1.54) is 30.8 Å². The van der Waals surface area contributed by atoms with Crippen molar-refractivity contribution in [3.8, 4) is 0 Å². The number of amides is 2. The van der Waals surface area contributed by atoms with Gasteiger partial charge in [0.25, 0.3) is 0 Å². The van der Waals surface area contributed by atoms with Crippen LogP contribution < -0.4 is 11.1 Å². The van der Waals surface area contributed by atoms with Crippen molar-refractivity contribution >= 4 is 23.6 Å². The number of carbonyl (C=O) groups excluding carboxylic acids is 2. The summed E-state index contributed by atoms with van der Waals surface area (Å²) in [7, 11) is 0. The van der Waals surface area contributed by atoms with Crippen LogP contribution in [0.25, 0.3) is 0 Å². The van der Waals surface area contributed by atoms with Crippen LogP contribution >= 0.6 is 11.8 Å². The lowest BCUT2D eigenvalue weighted by Gasteiger charge is -2.28. The summed E-state index contributed by atoms with van der Waals surface area (Å²) in [5.74, 6) is -1.35. The molecule has 8 heteroatoms. The molecular weight excluding hydrogens is 305 g/mol. The fourth-order valence-corrected chi connectivity index (χ4v) is 2.06. The molecule has 0 aromatic heterocycles. The van der Waals surface area contributed by atoms with Crippen LogP contribution in [0.3, 0.4) is 0 Å². The first-order valence-electron chi connectivity index (χ1n) is 5.89. The second kappa shape index (κ2) is 6.38. The van der Waals surface area contributed by atoms with Gasteiger partial charge in [0.2, 0.25) is 11.8 Å². The Morgan fingerprint density at radius 3 is 2.33 bits per heavy atom. The average Bonchev–Trinajstić information content (AvgIpc) is 2.37. The minimum Gasteiger partial charge on any atom is -0.367 e. The van der Waals surface area contributed by atoms with E-state index in [4.69, 9.17) is 5.73 Å². The van der Waals surface area contributed by atoms with Gasteiger partial charge in [-0.2, -0.15) is 24.9 Å². The number of alkyl halides is 3. The summed E-state index contributed by atoms with van der Waals surface area (Å²) >= 11 is 1.22. The molecule has 0 radical (unpaired) electrons. The third-order valence-electron chi connectivity index (χ3n) is 2.92. The standard InChI is InChI=1S/C13H15F3N2O2S/c1-12(11(17)20,18-10(19)7-21-2)8-4-3-5-9(6-8)13(14,15)16/h3-6H,7H2,1-2H3,(H2,17,20)(H,18,19)/t12-/m0/s1. The Balaban J connectivity index is 3.23. The summed E-state index contributed by atoms with van der Waals surface area (Å²) in [6.07, 6.45) is -2.86. The minimum absolute atomic E-state index is 0.0146. The van der Waals surface area contributed by atoms with Crippen LogP contribution in [0.1, 0.15) is 18.1 Å². The third-order valence-corrected chi connectivity index (χ3v) is 3.48. The van der Waals surface area contributed by atoms with Crippen LogP contribution in [0.4, 0.5) is 13.2 Å². The Morgan fingerprint density at radius 2 is 1.86 bits per heavy atom. The fourth-order valence-electron chi connectivity index (χ4n) is 1.73. The second-order valence-electron chi connectivity index (χ2n) is 4.55. The highest BCUT2D eigenvalue weighted by Gasteiger charge is 2.37. The number of hydrogen-bond donors (Lipinski definition) is 2. The quantitative estimate of drug-likeness (QED) is 0.870. The van der Waals surface area contributed by atoms with E-state index >= 15 is 0 Å². The van der Waals surface area contributed by atoms with E-state index in [9.17, 15) is 22.8 Å². The van der Waals surface area contributed by atoms with Crippen molar-refractivity contribution in [1.29, 1.82) is 0 Å². The molecule has 1 atom stereocenters. The smallest absolute Gasteiger partial charge is 0.367 e. The molecule has 0 bridgehead atoms. The van der Waals surface area contributed by atoms with Crippen molar-refractivity contribution in [1.82, 2.24) is 5.32 Å². The monoisotopic (exact) mass is 320 g/mol. The molecule has 0 aliphatic heterocycles. The number of nitrogens with one attached hydrogen (secondary N) is 1. The third kappa shape index (κ3) is 4.13. The number of rotatable bonds is 5. The van der Waals surface area contributed by atoms with Gasteiger partial charge in [-0.05, 0) is 30.9 Å². The van der Waals surface area contributed by atoms with Gasteiger partial charge in [0.15, 0.2) is 0 Å². The summed E-state index contributed by atoms with van der Waals surface area (Å²) < 4.78 is 38.2. The number of halogens is 3. The van der Waals surface area contributed by atoms with Crippen LogP contribution in [0.2, 0.25) is 0 Å². The van der Waals surface area contributed by atoms with Crippen molar-refractivity contribution in [2.75, 3.05) is 12.0 Å². The molecule has 0 spiro atoms. The number of nitrogens with two attached hydrogens (primary N) is 1. The Bertz CT molecular complexity index is 548. The molecule has 1 rings (SSSR count). The first kappa shape index (κ1) is 17.4. The fraction of sp³-hybridized carbons (Fsp3) is 0.385. The molecule has 0 heterocycles. The zero-order valence-electron chi connectivity index (χ0n) is 11.5. The predicted octanol–water partition coefficient (Wildman–Crippen LogP) is 1.89. The average molecular weight is 320 g/mol. The molecule has 3 N–H and O–H groups in total. The molecule has 0 saturated carbocycles. The predicted molar refractivity (Wildman–Crippen MR) is 74.5 cm³/mol. The summed E-state index contributed by atoms with van der Waals surface area (Å²) in [6.45, 7) is 1.28. The lowest BCUT2D eigenvalue weighted by molar-refractivity contribution is -0.138. The Hall–Kier alpha value is -1.70. The van der Waals surface area contributed by atoms with E-state index in [-0.39, 0.29) is 11.3 Å². The molecule has 116 valence electrons. The molecular formula is C13H15F3N2O2S. The Kier molecular flexibility index (Phi) is 5.27. The largest absolute Gasteiger partial charge is 0.416 e. The van der Waals surface area contributed by atoms with Crippen LogP contribution in [0.5, 0.6) is 0 Å². The van der Waals surface area contributed by atoms with Gasteiger partial charge in [0, 0.05) is 0 Å². The van der Waals surface area contributed by atoms with E-state index in [1.807, 2.05) is 0 Å². The number of hydrogen-bond acceptors (Lipinski definition) is 3. The van der Waals surface area contributed by atoms with Crippen molar-refractivity contribution in [3.05, 3.63) is 35.4 Å². The highest BCUT2D eigenvalue weighted by atomic mass is 32.2. The van der Waals surface area contributed by atoms with Crippen molar-refractivity contribution in [2.45, 2.75) is 18.6 Å². The lowest BCUT2D eigenvalue weighted by atomic mass is 9.90. The van der Waals surface area contributed by atoms with Gasteiger partial charge in [0.1, 0.15) is 5.54 Å². The van der Waals surface area contributed by atoms with Gasteiger partial charge >= 0.3 is 6.18 Å². The van der Waals surface area contributed by atoms with Gasteiger partial charge in [-0.3, -0.25) is 9.59 Å². The van der Waals surface area contributed by atoms with Gasteiger partial charge < -0.3 is 11.1 Å². The normalized spacial score (nSPS) is 14.3. The van der Waals surface area contributed by atoms with Gasteiger partial charge in [0.05, 0.1) is 11.3 Å². The minimum atomic E-state index is -4.54. The molecule has 0 aliphatic rings. The maximum atomic E-state index is 12.7. The number of carbonyl (C=O) groups is 2. The van der Waals surface area contributed by atoms with E-state index in [2.05, 4.69) is 5.32 Å². The van der Waals surface area contributed by atoms with Gasteiger partial charge in [-0.15, -0.1) is 0 Å².